The lowest BCUT2D eigenvalue weighted by Crippen LogP contribution is -2.37. The Morgan fingerprint density at radius 3 is 2.17 bits per heavy atom. The first-order valence-electron chi connectivity index (χ1n) is 8.33. The Hall–Kier alpha value is -2.04. The third kappa shape index (κ3) is 2.06. The fourth-order valence-corrected chi connectivity index (χ4v) is 4.48. The molecule has 4 unspecified atom stereocenters. The van der Waals surface area contributed by atoms with Gasteiger partial charge in [0.25, 0.3) is 0 Å². The minimum absolute atomic E-state index is 0.0366. The van der Waals surface area contributed by atoms with Crippen LogP contribution in [0, 0.1) is 11.6 Å². The van der Waals surface area contributed by atoms with Crippen molar-refractivity contribution in [2.24, 2.45) is 0 Å². The van der Waals surface area contributed by atoms with E-state index in [4.69, 9.17) is 4.74 Å². The molecule has 2 aromatic carbocycles. The normalized spacial score (nSPS) is 30.9. The van der Waals surface area contributed by atoms with Crippen molar-refractivity contribution in [1.82, 2.24) is 5.32 Å². The number of benzene rings is 2. The average molecular weight is 325 g/mol. The van der Waals surface area contributed by atoms with Crippen molar-refractivity contribution in [3.63, 3.8) is 0 Å². The molecule has 2 aliphatic heterocycles. The summed E-state index contributed by atoms with van der Waals surface area (Å²) in [5.74, 6) is -0.0232. The van der Waals surface area contributed by atoms with E-state index in [-0.39, 0.29) is 35.8 Å². The topological polar surface area (TPSA) is 21.3 Å². The highest BCUT2D eigenvalue weighted by Crippen LogP contribution is 2.53. The molecule has 2 aromatic rings. The highest BCUT2D eigenvalue weighted by atomic mass is 19.1. The van der Waals surface area contributed by atoms with E-state index < -0.39 is 0 Å². The summed E-state index contributed by atoms with van der Waals surface area (Å²) in [5.41, 5.74) is 4.88. The molecule has 3 aliphatic rings. The van der Waals surface area contributed by atoms with Crippen molar-refractivity contribution in [3.05, 3.63) is 82.4 Å². The van der Waals surface area contributed by atoms with Crippen molar-refractivity contribution in [2.45, 2.75) is 30.6 Å². The van der Waals surface area contributed by atoms with Gasteiger partial charge in [-0.1, -0.05) is 24.3 Å². The maximum absolute atomic E-state index is 13.3. The zero-order chi connectivity index (χ0) is 16.3. The second-order valence-electron chi connectivity index (χ2n) is 6.80. The number of ether oxygens (including phenoxy) is 1. The lowest BCUT2D eigenvalue weighted by atomic mass is 9.72. The molecule has 0 saturated carbocycles. The van der Waals surface area contributed by atoms with Crippen LogP contribution < -0.4 is 5.32 Å². The van der Waals surface area contributed by atoms with Crippen LogP contribution in [-0.4, -0.2) is 18.9 Å². The van der Waals surface area contributed by atoms with Crippen molar-refractivity contribution >= 4 is 0 Å². The fraction of sp³-hybridized carbons (Fsp3) is 0.300. The Morgan fingerprint density at radius 1 is 0.875 bits per heavy atom. The zero-order valence-corrected chi connectivity index (χ0v) is 13.0. The molecule has 0 fully saturated rings. The molecule has 0 spiro atoms. The Bertz CT molecular complexity index is 813. The van der Waals surface area contributed by atoms with Gasteiger partial charge in [0.1, 0.15) is 17.9 Å². The van der Waals surface area contributed by atoms with E-state index in [1.54, 1.807) is 0 Å². The van der Waals surface area contributed by atoms with E-state index in [1.807, 2.05) is 24.3 Å². The largest absolute Gasteiger partial charge is 0.351 e. The van der Waals surface area contributed by atoms with Crippen LogP contribution in [0.1, 0.15) is 29.4 Å². The molecular weight excluding hydrogens is 308 g/mol. The van der Waals surface area contributed by atoms with Gasteiger partial charge in [0.05, 0.1) is 6.10 Å². The highest BCUT2D eigenvalue weighted by molar-refractivity contribution is 5.47. The third-order valence-corrected chi connectivity index (χ3v) is 5.56. The van der Waals surface area contributed by atoms with Gasteiger partial charge in [-0.3, -0.25) is 5.32 Å². The second kappa shape index (κ2) is 5.23. The van der Waals surface area contributed by atoms with Gasteiger partial charge in [0.15, 0.2) is 0 Å². The van der Waals surface area contributed by atoms with Crippen molar-refractivity contribution in [3.8, 4) is 0 Å². The van der Waals surface area contributed by atoms with E-state index in [0.29, 0.717) is 0 Å². The van der Waals surface area contributed by atoms with Crippen LogP contribution >= 0.6 is 0 Å². The predicted octanol–water partition coefficient (Wildman–Crippen LogP) is 3.86. The summed E-state index contributed by atoms with van der Waals surface area (Å²) in [6, 6.07) is 13.5. The van der Waals surface area contributed by atoms with Gasteiger partial charge in [-0.15, -0.1) is 0 Å². The SMILES string of the molecule is Fc1ccc(C2CC(c3ccc(F)cc3)C3OC4NCC3=C42)cc1. The van der Waals surface area contributed by atoms with Gasteiger partial charge in [-0.25, -0.2) is 8.78 Å². The molecule has 0 aromatic heterocycles. The molecule has 4 heteroatoms. The van der Waals surface area contributed by atoms with Gasteiger partial charge in [-0.2, -0.15) is 0 Å². The number of hydrogen-bond acceptors (Lipinski definition) is 2. The summed E-state index contributed by atoms with van der Waals surface area (Å²) in [6.45, 7) is 0.847. The molecule has 1 aliphatic carbocycles. The molecule has 122 valence electrons. The van der Waals surface area contributed by atoms with Gasteiger partial charge in [0.2, 0.25) is 0 Å². The Balaban J connectivity index is 1.57. The first kappa shape index (κ1) is 14.3. The molecule has 2 nitrogen and oxygen atoms in total. The predicted molar refractivity (Wildman–Crippen MR) is 86.6 cm³/mol. The summed E-state index contributed by atoms with van der Waals surface area (Å²) in [6.07, 6.45) is 0.942. The van der Waals surface area contributed by atoms with Gasteiger partial charge < -0.3 is 4.74 Å². The number of rotatable bonds is 2. The summed E-state index contributed by atoms with van der Waals surface area (Å²) >= 11 is 0. The fourth-order valence-electron chi connectivity index (χ4n) is 4.48. The number of nitrogens with one attached hydrogen (secondary N) is 1. The molecule has 4 bridgehead atoms. The van der Waals surface area contributed by atoms with Crippen molar-refractivity contribution in [1.29, 1.82) is 0 Å². The Morgan fingerprint density at radius 2 is 1.50 bits per heavy atom. The van der Waals surface area contributed by atoms with Crippen molar-refractivity contribution < 1.29 is 13.5 Å². The zero-order valence-electron chi connectivity index (χ0n) is 13.0. The van der Waals surface area contributed by atoms with E-state index in [2.05, 4.69) is 5.32 Å². The molecule has 5 rings (SSSR count). The highest BCUT2D eigenvalue weighted by Gasteiger charge is 2.50. The van der Waals surface area contributed by atoms with E-state index in [1.165, 1.54) is 35.4 Å². The van der Waals surface area contributed by atoms with E-state index in [9.17, 15) is 8.78 Å². The minimum Gasteiger partial charge on any atom is -0.351 e. The van der Waals surface area contributed by atoms with Crippen LogP contribution in [0.4, 0.5) is 8.78 Å². The maximum atomic E-state index is 13.3. The molecule has 0 amide bonds. The maximum Gasteiger partial charge on any atom is 0.132 e. The number of halogens is 2. The van der Waals surface area contributed by atoms with Crippen molar-refractivity contribution in [2.75, 3.05) is 6.54 Å². The third-order valence-electron chi connectivity index (χ3n) is 5.56. The quantitative estimate of drug-likeness (QED) is 0.847. The van der Waals surface area contributed by atoms with Crippen LogP contribution in [-0.2, 0) is 4.74 Å². The molecule has 0 saturated heterocycles. The molecular formula is C20H17F2NO. The second-order valence-corrected chi connectivity index (χ2v) is 6.80. The molecule has 2 heterocycles. The minimum atomic E-state index is -0.222. The summed E-state index contributed by atoms with van der Waals surface area (Å²) in [5, 5.41) is 3.39. The summed E-state index contributed by atoms with van der Waals surface area (Å²) in [4.78, 5) is 0. The van der Waals surface area contributed by atoms with Crippen LogP contribution in [0.25, 0.3) is 0 Å². The lowest BCUT2D eigenvalue weighted by Gasteiger charge is -2.33. The molecule has 1 N–H and O–H groups in total. The molecule has 0 radical (unpaired) electrons. The lowest BCUT2D eigenvalue weighted by molar-refractivity contribution is 0.0101. The Labute approximate surface area is 139 Å². The van der Waals surface area contributed by atoms with Crippen LogP contribution in [0.15, 0.2) is 59.7 Å². The summed E-state index contributed by atoms with van der Waals surface area (Å²) in [7, 11) is 0. The first-order valence-corrected chi connectivity index (χ1v) is 8.33. The van der Waals surface area contributed by atoms with Crippen LogP contribution in [0.5, 0.6) is 0 Å². The van der Waals surface area contributed by atoms with Gasteiger partial charge in [0, 0.05) is 18.4 Å². The molecule has 4 atom stereocenters. The van der Waals surface area contributed by atoms with Crippen LogP contribution in [0.3, 0.4) is 0 Å². The number of hydrogen-bond donors (Lipinski definition) is 1. The van der Waals surface area contributed by atoms with Gasteiger partial charge >= 0.3 is 0 Å². The van der Waals surface area contributed by atoms with Gasteiger partial charge in [-0.05, 0) is 53.0 Å². The van der Waals surface area contributed by atoms with E-state index in [0.717, 1.165) is 24.1 Å². The Kier molecular flexibility index (Phi) is 3.12. The van der Waals surface area contributed by atoms with E-state index >= 15 is 0 Å². The monoisotopic (exact) mass is 325 g/mol. The smallest absolute Gasteiger partial charge is 0.132 e. The standard InChI is InChI=1S/C20H17F2NO/c21-13-5-1-11(2-6-13)15-9-16(12-3-7-14(22)8-4-12)19-17-10-23-20(24-19)18(15)17/h1-8,15-16,19-20,23H,9-10H2. The molecule has 24 heavy (non-hydrogen) atoms. The average Bonchev–Trinajstić information content (AvgIpc) is 3.12. The summed E-state index contributed by atoms with van der Waals surface area (Å²) < 4.78 is 32.8. The van der Waals surface area contributed by atoms with Crippen LogP contribution in [0.2, 0.25) is 0 Å². The first-order chi connectivity index (χ1) is 11.7.